The van der Waals surface area contributed by atoms with Gasteiger partial charge in [0.2, 0.25) is 0 Å². The average molecular weight is 316 g/mol. The Balaban J connectivity index is 1.92. The van der Waals surface area contributed by atoms with Crippen molar-refractivity contribution in [3.05, 3.63) is 18.2 Å². The van der Waals surface area contributed by atoms with Crippen molar-refractivity contribution in [2.75, 3.05) is 19.7 Å². The van der Waals surface area contributed by atoms with Crippen LogP contribution in [-0.2, 0) is 26.2 Å². The van der Waals surface area contributed by atoms with E-state index in [-0.39, 0.29) is 13.2 Å². The van der Waals surface area contributed by atoms with Crippen LogP contribution < -0.4 is 4.72 Å². The van der Waals surface area contributed by atoms with Gasteiger partial charge in [0, 0.05) is 31.4 Å². The molecule has 1 unspecified atom stereocenters. The zero-order valence-electron chi connectivity index (χ0n) is 11.9. The number of aromatic amines is 1. The van der Waals surface area contributed by atoms with Crippen LogP contribution in [0.5, 0.6) is 0 Å². The lowest BCUT2D eigenvalue weighted by molar-refractivity contribution is -0.146. The van der Waals surface area contributed by atoms with Gasteiger partial charge >= 0.3 is 5.97 Å². The highest BCUT2D eigenvalue weighted by atomic mass is 32.2. The summed E-state index contributed by atoms with van der Waals surface area (Å²) in [4.78, 5) is 18.6. The van der Waals surface area contributed by atoms with E-state index in [4.69, 9.17) is 4.74 Å². The summed E-state index contributed by atoms with van der Waals surface area (Å²) < 4.78 is 33.2. The molecule has 2 heterocycles. The van der Waals surface area contributed by atoms with E-state index >= 15 is 0 Å². The molecule has 21 heavy (non-hydrogen) atoms. The lowest BCUT2D eigenvalue weighted by atomic mass is 10.2. The second-order valence-corrected chi connectivity index (χ2v) is 6.45. The Morgan fingerprint density at radius 1 is 1.62 bits per heavy atom. The van der Waals surface area contributed by atoms with Gasteiger partial charge in [-0.05, 0) is 19.8 Å². The van der Waals surface area contributed by atoms with Gasteiger partial charge in [0.05, 0.1) is 12.9 Å². The molecule has 0 radical (unpaired) electrons. The van der Waals surface area contributed by atoms with Gasteiger partial charge in [0.15, 0.2) is 0 Å². The van der Waals surface area contributed by atoms with Crippen molar-refractivity contribution in [3.63, 3.8) is 0 Å². The minimum atomic E-state index is -3.68. The second-order valence-electron chi connectivity index (χ2n) is 4.75. The second kappa shape index (κ2) is 7.01. The minimum Gasteiger partial charge on any atom is -0.465 e. The molecule has 1 aliphatic rings. The molecular formula is C12H20N4O4S. The van der Waals surface area contributed by atoms with Crippen LogP contribution in [0.1, 0.15) is 25.5 Å². The normalized spacial score (nSPS) is 19.8. The van der Waals surface area contributed by atoms with Crippen LogP contribution in [0, 0.1) is 0 Å². The van der Waals surface area contributed by atoms with E-state index in [0.29, 0.717) is 25.8 Å². The summed E-state index contributed by atoms with van der Waals surface area (Å²) in [5.74, 6) is -0.478. The maximum absolute atomic E-state index is 12.3. The van der Waals surface area contributed by atoms with Crippen LogP contribution in [0.3, 0.4) is 0 Å². The van der Waals surface area contributed by atoms with Crippen LogP contribution >= 0.6 is 0 Å². The smallest absolute Gasteiger partial charge is 0.324 e. The van der Waals surface area contributed by atoms with E-state index in [0.717, 1.165) is 5.69 Å². The number of esters is 1. The fourth-order valence-electron chi connectivity index (χ4n) is 2.32. The highest BCUT2D eigenvalue weighted by Crippen LogP contribution is 2.21. The number of carbonyl (C=O) groups excluding carboxylic acids is 1. The van der Waals surface area contributed by atoms with Gasteiger partial charge in [-0.25, -0.2) is 9.71 Å². The molecule has 118 valence electrons. The fraction of sp³-hybridized carbons (Fsp3) is 0.667. The van der Waals surface area contributed by atoms with Crippen molar-refractivity contribution < 1.29 is 17.9 Å². The summed E-state index contributed by atoms with van der Waals surface area (Å²) in [5, 5.41) is 0. The van der Waals surface area contributed by atoms with Crippen LogP contribution in [0.4, 0.5) is 0 Å². The quantitative estimate of drug-likeness (QED) is 0.679. The Morgan fingerprint density at radius 3 is 3.10 bits per heavy atom. The van der Waals surface area contributed by atoms with E-state index in [9.17, 15) is 13.2 Å². The molecule has 2 N–H and O–H groups in total. The number of aromatic nitrogens is 2. The molecule has 8 nitrogen and oxygen atoms in total. The predicted molar refractivity (Wildman–Crippen MR) is 75.6 cm³/mol. The summed E-state index contributed by atoms with van der Waals surface area (Å²) in [6.45, 7) is 2.53. The first-order valence-corrected chi connectivity index (χ1v) is 8.39. The summed E-state index contributed by atoms with van der Waals surface area (Å²) in [6, 6.07) is -0.713. The largest absolute Gasteiger partial charge is 0.465 e. The zero-order chi connectivity index (χ0) is 15.3. The lowest BCUT2D eigenvalue weighted by Crippen LogP contribution is -2.47. The Kier molecular flexibility index (Phi) is 5.32. The van der Waals surface area contributed by atoms with E-state index in [1.165, 1.54) is 4.31 Å². The van der Waals surface area contributed by atoms with E-state index in [1.54, 1.807) is 19.4 Å². The Bertz CT molecular complexity index is 558. The van der Waals surface area contributed by atoms with Crippen molar-refractivity contribution in [2.45, 2.75) is 32.2 Å². The molecule has 0 aromatic carbocycles. The maximum atomic E-state index is 12.3. The molecule has 1 saturated heterocycles. The van der Waals surface area contributed by atoms with Crippen LogP contribution in [0.25, 0.3) is 0 Å². The van der Waals surface area contributed by atoms with Gasteiger partial charge in [0.25, 0.3) is 10.2 Å². The fourth-order valence-corrected chi connectivity index (χ4v) is 3.74. The Labute approximate surface area is 124 Å². The summed E-state index contributed by atoms with van der Waals surface area (Å²) >= 11 is 0. The standard InChI is InChI=1S/C12H20N4O4S/c1-2-20-12(17)11-4-3-7-16(11)21(18,19)15-6-5-10-8-13-9-14-10/h8-9,11,15H,2-7H2,1H3,(H,13,14). The topological polar surface area (TPSA) is 104 Å². The van der Waals surface area contributed by atoms with Gasteiger partial charge in [-0.2, -0.15) is 12.7 Å². The third-order valence-corrected chi connectivity index (χ3v) is 4.93. The first-order valence-electron chi connectivity index (χ1n) is 6.95. The third-order valence-electron chi connectivity index (χ3n) is 3.30. The zero-order valence-corrected chi connectivity index (χ0v) is 12.7. The van der Waals surface area contributed by atoms with Crippen LogP contribution in [-0.4, -0.2) is 54.4 Å². The Hall–Kier alpha value is -1.45. The monoisotopic (exact) mass is 316 g/mol. The van der Waals surface area contributed by atoms with Crippen molar-refractivity contribution >= 4 is 16.2 Å². The molecule has 1 aromatic heterocycles. The lowest BCUT2D eigenvalue weighted by Gasteiger charge is -2.22. The summed E-state index contributed by atoms with van der Waals surface area (Å²) in [6.07, 6.45) is 4.86. The third kappa shape index (κ3) is 4.02. The number of carbonyl (C=O) groups is 1. The summed E-state index contributed by atoms with van der Waals surface area (Å²) in [7, 11) is -3.68. The molecule has 0 aliphatic carbocycles. The van der Waals surface area contributed by atoms with Crippen molar-refractivity contribution in [2.24, 2.45) is 0 Å². The number of nitrogens with one attached hydrogen (secondary N) is 2. The molecule has 1 atom stereocenters. The maximum Gasteiger partial charge on any atom is 0.324 e. The first kappa shape index (κ1) is 15.9. The molecule has 2 rings (SSSR count). The minimum absolute atomic E-state index is 0.247. The van der Waals surface area contributed by atoms with Crippen LogP contribution in [0.2, 0.25) is 0 Å². The molecule has 1 aliphatic heterocycles. The van der Waals surface area contributed by atoms with Gasteiger partial charge < -0.3 is 9.72 Å². The summed E-state index contributed by atoms with van der Waals surface area (Å²) in [5.41, 5.74) is 0.848. The molecule has 1 fully saturated rings. The molecule has 1 aromatic rings. The van der Waals surface area contributed by atoms with E-state index in [2.05, 4.69) is 14.7 Å². The van der Waals surface area contributed by atoms with Gasteiger partial charge in [-0.15, -0.1) is 0 Å². The first-order chi connectivity index (χ1) is 10.0. The van der Waals surface area contributed by atoms with Crippen molar-refractivity contribution in [3.8, 4) is 0 Å². The SMILES string of the molecule is CCOC(=O)C1CCCN1S(=O)(=O)NCCc1cnc[nH]1. The number of hydrogen-bond donors (Lipinski definition) is 2. The van der Waals surface area contributed by atoms with E-state index < -0.39 is 22.2 Å². The predicted octanol–water partition coefficient (Wildman–Crippen LogP) is -0.186. The molecule has 0 bridgehead atoms. The number of rotatable bonds is 7. The molecule has 0 amide bonds. The Morgan fingerprint density at radius 2 is 2.43 bits per heavy atom. The molecule has 0 spiro atoms. The number of H-pyrrole nitrogens is 1. The number of nitrogens with zero attached hydrogens (tertiary/aromatic N) is 2. The van der Waals surface area contributed by atoms with Crippen molar-refractivity contribution in [1.82, 2.24) is 19.0 Å². The van der Waals surface area contributed by atoms with E-state index in [1.807, 2.05) is 0 Å². The van der Waals surface area contributed by atoms with Gasteiger partial charge in [-0.1, -0.05) is 0 Å². The number of hydrogen-bond acceptors (Lipinski definition) is 5. The van der Waals surface area contributed by atoms with Crippen LogP contribution in [0.15, 0.2) is 12.5 Å². The van der Waals surface area contributed by atoms with Crippen molar-refractivity contribution in [1.29, 1.82) is 0 Å². The van der Waals surface area contributed by atoms with Gasteiger partial charge in [0.1, 0.15) is 6.04 Å². The molecule has 9 heteroatoms. The highest BCUT2D eigenvalue weighted by Gasteiger charge is 2.39. The number of imidazole rings is 1. The average Bonchev–Trinajstić information content (AvgIpc) is 3.10. The number of ether oxygens (including phenoxy) is 1. The highest BCUT2D eigenvalue weighted by molar-refractivity contribution is 7.87. The molecule has 0 saturated carbocycles. The van der Waals surface area contributed by atoms with Gasteiger partial charge in [-0.3, -0.25) is 4.79 Å². The molecular weight excluding hydrogens is 296 g/mol.